The van der Waals surface area contributed by atoms with Gasteiger partial charge in [-0.15, -0.1) is 0 Å². The van der Waals surface area contributed by atoms with Crippen LogP contribution in [-0.4, -0.2) is 11.1 Å². The minimum atomic E-state index is -1.08. The van der Waals surface area contributed by atoms with E-state index in [1.165, 1.54) is 6.07 Å². The zero-order chi connectivity index (χ0) is 13.8. The zero-order valence-corrected chi connectivity index (χ0v) is 11.9. The van der Waals surface area contributed by atoms with Crippen molar-refractivity contribution in [3.05, 3.63) is 58.0 Å². The van der Waals surface area contributed by atoms with Gasteiger partial charge in [-0.25, -0.2) is 4.79 Å². The maximum Gasteiger partial charge on any atom is 0.371 e. The largest absolute Gasteiger partial charge is 0.475 e. The van der Waals surface area contributed by atoms with Crippen LogP contribution in [0.4, 0.5) is 0 Å². The fourth-order valence-electron chi connectivity index (χ4n) is 1.62. The predicted molar refractivity (Wildman–Crippen MR) is 73.0 cm³/mol. The molecule has 0 fully saturated rings. The molecule has 0 aliphatic heterocycles. The summed E-state index contributed by atoms with van der Waals surface area (Å²) < 4.78 is 11.8. The predicted octanol–water partition coefficient (Wildman–Crippen LogP) is 4.02. The van der Waals surface area contributed by atoms with Gasteiger partial charge in [0.2, 0.25) is 5.76 Å². The molecule has 0 bridgehead atoms. The van der Waals surface area contributed by atoms with E-state index in [0.29, 0.717) is 12.4 Å². The number of benzene rings is 1. The molecule has 2 aromatic rings. The second kappa shape index (κ2) is 6.04. The average Bonchev–Trinajstić information content (AvgIpc) is 2.86. The molecule has 1 aromatic heterocycles. The van der Waals surface area contributed by atoms with Crippen molar-refractivity contribution in [1.82, 2.24) is 0 Å². The first-order valence-electron chi connectivity index (χ1n) is 5.75. The fraction of sp³-hybridized carbons (Fsp3) is 0.214. The van der Waals surface area contributed by atoms with Crippen molar-refractivity contribution >= 4 is 21.9 Å². The molecule has 5 heteroatoms. The fourth-order valence-corrected chi connectivity index (χ4v) is 2.06. The Kier molecular flexibility index (Phi) is 4.39. The summed E-state index contributed by atoms with van der Waals surface area (Å²) in [5, 5.41) is 8.78. The lowest BCUT2D eigenvalue weighted by Gasteiger charge is -2.10. The second-order valence-corrected chi connectivity index (χ2v) is 5.01. The van der Waals surface area contributed by atoms with E-state index in [1.54, 1.807) is 6.07 Å². The van der Waals surface area contributed by atoms with Crippen LogP contribution in [0.5, 0.6) is 0 Å². The highest BCUT2D eigenvalue weighted by molar-refractivity contribution is 9.10. The van der Waals surface area contributed by atoms with Gasteiger partial charge in [0.1, 0.15) is 11.9 Å². The number of furan rings is 1. The monoisotopic (exact) mass is 324 g/mol. The first kappa shape index (κ1) is 13.8. The number of rotatable bonds is 5. The standard InChI is InChI=1S/C14H13BrO4/c1-9(12-5-6-13(19-12)14(16)17)18-8-10-3-2-4-11(15)7-10/h2-7,9H,8H2,1H3,(H,16,17). The highest BCUT2D eigenvalue weighted by Crippen LogP contribution is 2.22. The SMILES string of the molecule is CC(OCc1cccc(Br)c1)c1ccc(C(=O)O)o1. The number of carboxylic acids is 1. The highest BCUT2D eigenvalue weighted by Gasteiger charge is 2.14. The van der Waals surface area contributed by atoms with Crippen molar-refractivity contribution < 1.29 is 19.1 Å². The molecule has 19 heavy (non-hydrogen) atoms. The van der Waals surface area contributed by atoms with Crippen LogP contribution in [0.3, 0.4) is 0 Å². The lowest BCUT2D eigenvalue weighted by Crippen LogP contribution is -1.99. The summed E-state index contributed by atoms with van der Waals surface area (Å²) in [4.78, 5) is 10.7. The lowest BCUT2D eigenvalue weighted by atomic mass is 10.2. The number of carboxylic acid groups (broad SMARTS) is 1. The van der Waals surface area contributed by atoms with Crippen LogP contribution in [0.25, 0.3) is 0 Å². The van der Waals surface area contributed by atoms with Crippen LogP contribution in [0.2, 0.25) is 0 Å². The number of hydrogen-bond donors (Lipinski definition) is 1. The van der Waals surface area contributed by atoms with Crippen LogP contribution in [0.15, 0.2) is 45.3 Å². The molecule has 0 amide bonds. The molecule has 1 N–H and O–H groups in total. The first-order chi connectivity index (χ1) is 9.06. The zero-order valence-electron chi connectivity index (χ0n) is 10.3. The summed E-state index contributed by atoms with van der Waals surface area (Å²) in [7, 11) is 0. The summed E-state index contributed by atoms with van der Waals surface area (Å²) in [6.07, 6.45) is -0.299. The van der Waals surface area contributed by atoms with Gasteiger partial charge in [0.25, 0.3) is 0 Å². The molecular weight excluding hydrogens is 312 g/mol. The Hall–Kier alpha value is -1.59. The molecule has 1 atom stereocenters. The Balaban J connectivity index is 1.97. The molecule has 0 radical (unpaired) electrons. The van der Waals surface area contributed by atoms with Gasteiger partial charge >= 0.3 is 5.97 Å². The summed E-state index contributed by atoms with van der Waals surface area (Å²) in [6, 6.07) is 10.9. The molecule has 0 spiro atoms. The smallest absolute Gasteiger partial charge is 0.371 e. The van der Waals surface area contributed by atoms with Crippen molar-refractivity contribution in [2.24, 2.45) is 0 Å². The molecule has 0 saturated carbocycles. The lowest BCUT2D eigenvalue weighted by molar-refractivity contribution is 0.0360. The van der Waals surface area contributed by atoms with E-state index in [2.05, 4.69) is 15.9 Å². The molecule has 0 aliphatic rings. The van der Waals surface area contributed by atoms with Crippen molar-refractivity contribution in [1.29, 1.82) is 0 Å². The van der Waals surface area contributed by atoms with Gasteiger partial charge in [-0.2, -0.15) is 0 Å². The summed E-state index contributed by atoms with van der Waals surface area (Å²) in [5.74, 6) is -0.647. The maximum atomic E-state index is 10.7. The van der Waals surface area contributed by atoms with Crippen molar-refractivity contribution in [3.8, 4) is 0 Å². The third kappa shape index (κ3) is 3.68. The number of aromatic carboxylic acids is 1. The number of carbonyl (C=O) groups is 1. The molecule has 0 aliphatic carbocycles. The molecule has 1 heterocycles. The maximum absolute atomic E-state index is 10.7. The third-order valence-corrected chi connectivity index (χ3v) is 3.12. The Morgan fingerprint density at radius 1 is 1.42 bits per heavy atom. The molecule has 1 unspecified atom stereocenters. The van der Waals surface area contributed by atoms with Crippen LogP contribution in [-0.2, 0) is 11.3 Å². The molecular formula is C14H13BrO4. The minimum absolute atomic E-state index is 0.0760. The van der Waals surface area contributed by atoms with E-state index in [1.807, 2.05) is 31.2 Å². The van der Waals surface area contributed by atoms with Gasteiger partial charge in [-0.1, -0.05) is 28.1 Å². The molecule has 2 rings (SSSR count). The van der Waals surface area contributed by atoms with E-state index in [-0.39, 0.29) is 11.9 Å². The number of hydrogen-bond acceptors (Lipinski definition) is 3. The number of ether oxygens (including phenoxy) is 1. The van der Waals surface area contributed by atoms with Gasteiger partial charge in [-0.3, -0.25) is 0 Å². The second-order valence-electron chi connectivity index (χ2n) is 4.09. The molecule has 0 saturated heterocycles. The Bertz CT molecular complexity index is 576. The highest BCUT2D eigenvalue weighted by atomic mass is 79.9. The minimum Gasteiger partial charge on any atom is -0.475 e. The van der Waals surface area contributed by atoms with Crippen molar-refractivity contribution in [2.45, 2.75) is 19.6 Å². The van der Waals surface area contributed by atoms with Crippen LogP contribution in [0.1, 0.15) is 34.9 Å². The quantitative estimate of drug-likeness (QED) is 0.902. The number of halogens is 1. The van der Waals surface area contributed by atoms with Crippen LogP contribution < -0.4 is 0 Å². The van der Waals surface area contributed by atoms with E-state index < -0.39 is 5.97 Å². The van der Waals surface area contributed by atoms with Crippen LogP contribution >= 0.6 is 15.9 Å². The van der Waals surface area contributed by atoms with Crippen LogP contribution in [0, 0.1) is 0 Å². The van der Waals surface area contributed by atoms with Gasteiger partial charge in [0.15, 0.2) is 0 Å². The average molecular weight is 325 g/mol. The van der Waals surface area contributed by atoms with E-state index >= 15 is 0 Å². The van der Waals surface area contributed by atoms with E-state index in [0.717, 1.165) is 10.0 Å². The van der Waals surface area contributed by atoms with E-state index in [9.17, 15) is 4.79 Å². The topological polar surface area (TPSA) is 59.7 Å². The first-order valence-corrected chi connectivity index (χ1v) is 6.54. The van der Waals surface area contributed by atoms with Gasteiger partial charge in [0.05, 0.1) is 6.61 Å². The summed E-state index contributed by atoms with van der Waals surface area (Å²) in [6.45, 7) is 2.26. The van der Waals surface area contributed by atoms with E-state index in [4.69, 9.17) is 14.3 Å². The Morgan fingerprint density at radius 2 is 2.21 bits per heavy atom. The van der Waals surface area contributed by atoms with Gasteiger partial charge in [0, 0.05) is 4.47 Å². The Morgan fingerprint density at radius 3 is 2.84 bits per heavy atom. The van der Waals surface area contributed by atoms with Gasteiger partial charge < -0.3 is 14.3 Å². The van der Waals surface area contributed by atoms with Crippen molar-refractivity contribution in [3.63, 3.8) is 0 Å². The summed E-state index contributed by atoms with van der Waals surface area (Å²) in [5.41, 5.74) is 1.03. The van der Waals surface area contributed by atoms with Crippen molar-refractivity contribution in [2.75, 3.05) is 0 Å². The Labute approximate surface area is 119 Å². The third-order valence-electron chi connectivity index (χ3n) is 2.63. The summed E-state index contributed by atoms with van der Waals surface area (Å²) >= 11 is 3.39. The normalized spacial score (nSPS) is 12.3. The molecule has 4 nitrogen and oxygen atoms in total. The molecule has 100 valence electrons. The van der Waals surface area contributed by atoms with Gasteiger partial charge in [-0.05, 0) is 36.8 Å². The molecule has 1 aromatic carbocycles.